The van der Waals surface area contributed by atoms with Gasteiger partial charge in [-0.05, 0) is 24.6 Å². The summed E-state index contributed by atoms with van der Waals surface area (Å²) in [6.45, 7) is 2.00. The maximum atomic E-state index is 10.3. The van der Waals surface area contributed by atoms with E-state index in [9.17, 15) is 4.79 Å². The Kier molecular flexibility index (Phi) is 2.06. The molecule has 54 valence electrons. The number of hydrogen-bond donors (Lipinski definition) is 0. The number of rotatable bonds is 2. The third-order valence-corrected chi connectivity index (χ3v) is 1.18. The molecule has 10 heavy (non-hydrogen) atoms. The zero-order valence-electron chi connectivity index (χ0n) is 5.54. The fourth-order valence-corrected chi connectivity index (χ4v) is 0.801. The fourth-order valence-electron chi connectivity index (χ4n) is 0.679. The smallest absolute Gasteiger partial charge is 0.243 e. The van der Waals surface area contributed by atoms with E-state index in [0.29, 0.717) is 0 Å². The molecule has 4 heteroatoms. The predicted molar refractivity (Wildman–Crippen MR) is 37.8 cm³/mol. The molecule has 0 aliphatic rings. The van der Waals surface area contributed by atoms with Crippen LogP contribution < -0.4 is 0 Å². The van der Waals surface area contributed by atoms with Crippen molar-refractivity contribution in [1.82, 2.24) is 9.78 Å². The Bertz CT molecular complexity index is 244. The van der Waals surface area contributed by atoms with Gasteiger partial charge in [-0.2, -0.15) is 5.10 Å². The summed E-state index contributed by atoms with van der Waals surface area (Å²) >= 11 is 5.12. The normalized spacial score (nSPS) is 9.80. The van der Waals surface area contributed by atoms with E-state index in [0.717, 1.165) is 5.69 Å². The topological polar surface area (TPSA) is 34.9 Å². The van der Waals surface area contributed by atoms with Gasteiger partial charge in [0.25, 0.3) is 0 Å². The summed E-state index contributed by atoms with van der Waals surface area (Å²) in [5.74, 6) is 0. The second kappa shape index (κ2) is 2.84. The lowest BCUT2D eigenvalue weighted by molar-refractivity contribution is -0.112. The van der Waals surface area contributed by atoms with Crippen molar-refractivity contribution in [3.8, 4) is 0 Å². The van der Waals surface area contributed by atoms with Crippen LogP contribution in [0.1, 0.15) is 5.69 Å². The minimum absolute atomic E-state index is 0.148. The number of nitrogens with zero attached hydrogens (tertiary/aromatic N) is 2. The van der Waals surface area contributed by atoms with Crippen LogP contribution >= 0.6 is 11.6 Å². The summed E-state index contributed by atoms with van der Waals surface area (Å²) < 4.78 is 1.50. The highest BCUT2D eigenvalue weighted by Gasteiger charge is 1.97. The van der Waals surface area contributed by atoms with Crippen molar-refractivity contribution in [3.63, 3.8) is 0 Å². The first-order valence-corrected chi connectivity index (χ1v) is 3.24. The molecule has 0 bridgehead atoms. The molecule has 1 heterocycles. The number of aromatic nitrogens is 2. The SMILES string of the molecule is Cc1ccn(CC(=O)Cl)n1. The summed E-state index contributed by atoms with van der Waals surface area (Å²) in [6, 6.07) is 1.82. The molecule has 0 saturated carbocycles. The molecule has 3 nitrogen and oxygen atoms in total. The minimum Gasteiger partial charge on any atom is -0.279 e. The Labute approximate surface area is 63.6 Å². The van der Waals surface area contributed by atoms with Gasteiger partial charge in [0.15, 0.2) is 0 Å². The maximum absolute atomic E-state index is 10.3. The lowest BCUT2D eigenvalue weighted by Gasteiger charge is -1.92. The molecule has 0 amide bonds. The second-order valence-corrected chi connectivity index (χ2v) is 2.43. The van der Waals surface area contributed by atoms with E-state index in [1.165, 1.54) is 4.68 Å². The van der Waals surface area contributed by atoms with Gasteiger partial charge >= 0.3 is 0 Å². The third-order valence-electron chi connectivity index (χ3n) is 1.06. The van der Waals surface area contributed by atoms with E-state index in [4.69, 9.17) is 11.6 Å². The van der Waals surface area contributed by atoms with Gasteiger partial charge in [0, 0.05) is 6.20 Å². The molecule has 0 spiro atoms. The molecule has 1 aromatic rings. The van der Waals surface area contributed by atoms with Crippen molar-refractivity contribution in [1.29, 1.82) is 0 Å². The van der Waals surface area contributed by atoms with Gasteiger partial charge in [-0.1, -0.05) is 0 Å². The van der Waals surface area contributed by atoms with Gasteiger partial charge in [0.2, 0.25) is 5.24 Å². The Balaban J connectivity index is 2.67. The first-order chi connectivity index (χ1) is 4.68. The van der Waals surface area contributed by atoms with E-state index >= 15 is 0 Å². The Morgan fingerprint density at radius 1 is 1.90 bits per heavy atom. The fraction of sp³-hybridized carbons (Fsp3) is 0.333. The number of carbonyl (C=O) groups is 1. The molecule has 0 saturated heterocycles. The van der Waals surface area contributed by atoms with Crippen LogP contribution in [0.15, 0.2) is 12.3 Å². The quantitative estimate of drug-likeness (QED) is 0.601. The summed E-state index contributed by atoms with van der Waals surface area (Å²) in [6.07, 6.45) is 1.72. The van der Waals surface area contributed by atoms with Crippen molar-refractivity contribution < 1.29 is 4.79 Å². The van der Waals surface area contributed by atoms with E-state index < -0.39 is 5.24 Å². The van der Waals surface area contributed by atoms with Crippen LogP contribution in [-0.4, -0.2) is 15.0 Å². The molecule has 0 aliphatic carbocycles. The number of hydrogen-bond acceptors (Lipinski definition) is 2. The van der Waals surface area contributed by atoms with E-state index in [-0.39, 0.29) is 6.54 Å². The van der Waals surface area contributed by atoms with Crippen molar-refractivity contribution in [2.24, 2.45) is 0 Å². The Morgan fingerprint density at radius 3 is 3.00 bits per heavy atom. The predicted octanol–water partition coefficient (Wildman–Crippen LogP) is 0.957. The maximum Gasteiger partial charge on any atom is 0.243 e. The van der Waals surface area contributed by atoms with Gasteiger partial charge in [0.1, 0.15) is 6.54 Å². The lowest BCUT2D eigenvalue weighted by atomic mass is 10.5. The van der Waals surface area contributed by atoms with Crippen LogP contribution in [0.3, 0.4) is 0 Å². The molecule has 0 unspecified atom stereocenters. The molecule has 0 atom stereocenters. The van der Waals surface area contributed by atoms with Crippen LogP contribution in [0.5, 0.6) is 0 Å². The van der Waals surface area contributed by atoms with Gasteiger partial charge in [0.05, 0.1) is 5.69 Å². The average molecular weight is 159 g/mol. The van der Waals surface area contributed by atoms with E-state index in [2.05, 4.69) is 5.10 Å². The van der Waals surface area contributed by atoms with Crippen LogP contribution in [0.2, 0.25) is 0 Å². The first-order valence-electron chi connectivity index (χ1n) is 2.87. The van der Waals surface area contributed by atoms with Gasteiger partial charge in [-0.25, -0.2) is 0 Å². The van der Waals surface area contributed by atoms with Gasteiger partial charge in [-0.3, -0.25) is 9.48 Å². The number of aryl methyl sites for hydroxylation is 1. The van der Waals surface area contributed by atoms with Crippen molar-refractivity contribution in [3.05, 3.63) is 18.0 Å². The highest BCUT2D eigenvalue weighted by Crippen LogP contribution is 1.93. The molecule has 1 rings (SSSR count). The Hall–Kier alpha value is -0.830. The van der Waals surface area contributed by atoms with Crippen molar-refractivity contribution >= 4 is 16.8 Å². The average Bonchev–Trinajstić information content (AvgIpc) is 2.13. The minimum atomic E-state index is -0.400. The molecule has 0 radical (unpaired) electrons. The third kappa shape index (κ3) is 1.84. The summed E-state index contributed by atoms with van der Waals surface area (Å²) in [5.41, 5.74) is 0.887. The zero-order chi connectivity index (χ0) is 7.56. The molecule has 1 aromatic heterocycles. The van der Waals surface area contributed by atoms with Crippen molar-refractivity contribution in [2.75, 3.05) is 0 Å². The highest BCUT2D eigenvalue weighted by atomic mass is 35.5. The largest absolute Gasteiger partial charge is 0.279 e. The van der Waals surface area contributed by atoms with Crippen LogP contribution in [0.25, 0.3) is 0 Å². The molecular formula is C6H7ClN2O. The van der Waals surface area contributed by atoms with Gasteiger partial charge < -0.3 is 0 Å². The van der Waals surface area contributed by atoms with Crippen LogP contribution in [-0.2, 0) is 11.3 Å². The zero-order valence-corrected chi connectivity index (χ0v) is 6.30. The van der Waals surface area contributed by atoms with E-state index in [1.54, 1.807) is 6.20 Å². The van der Waals surface area contributed by atoms with Crippen LogP contribution in [0, 0.1) is 6.92 Å². The molecule has 0 aromatic carbocycles. The van der Waals surface area contributed by atoms with Gasteiger partial charge in [-0.15, -0.1) is 0 Å². The standard InChI is InChI=1S/C6H7ClN2O/c1-5-2-3-9(8-5)4-6(7)10/h2-3H,4H2,1H3. The lowest BCUT2D eigenvalue weighted by Crippen LogP contribution is -2.04. The molecular weight excluding hydrogens is 152 g/mol. The number of carbonyl (C=O) groups excluding carboxylic acids is 1. The van der Waals surface area contributed by atoms with Crippen LogP contribution in [0.4, 0.5) is 0 Å². The van der Waals surface area contributed by atoms with E-state index in [1.807, 2.05) is 13.0 Å². The molecule has 0 fully saturated rings. The van der Waals surface area contributed by atoms with Crippen molar-refractivity contribution in [2.45, 2.75) is 13.5 Å². The monoisotopic (exact) mass is 158 g/mol. The summed E-state index contributed by atoms with van der Waals surface area (Å²) in [4.78, 5) is 10.3. The summed E-state index contributed by atoms with van der Waals surface area (Å²) in [5, 5.41) is 3.56. The molecule has 0 aliphatic heterocycles. The Morgan fingerprint density at radius 2 is 2.60 bits per heavy atom. The first kappa shape index (κ1) is 7.28. The summed E-state index contributed by atoms with van der Waals surface area (Å²) in [7, 11) is 0. The highest BCUT2D eigenvalue weighted by molar-refractivity contribution is 6.63. The second-order valence-electron chi connectivity index (χ2n) is 2.01. The number of halogens is 1. The molecule has 0 N–H and O–H groups in total.